The summed E-state index contributed by atoms with van der Waals surface area (Å²) in [6.07, 6.45) is 22.6. The van der Waals surface area contributed by atoms with Crippen molar-refractivity contribution in [1.82, 2.24) is 0 Å². The second-order valence-electron chi connectivity index (χ2n) is 6.04. The molecule has 3 heteroatoms. The number of carbonyl (C=O) groups excluding carboxylic acids is 1. The van der Waals surface area contributed by atoms with Crippen molar-refractivity contribution in [1.29, 1.82) is 0 Å². The first-order chi connectivity index (χ1) is 9.77. The van der Waals surface area contributed by atoms with Gasteiger partial charge < -0.3 is 4.79 Å². The molecule has 0 atom stereocenters. The zero-order chi connectivity index (χ0) is 14.9. The SMILES string of the molecule is CCCCCCCC/C=C\CCCCCCCC(C)=O.[NaH].[NaH]. The van der Waals surface area contributed by atoms with E-state index in [0.717, 1.165) is 12.8 Å². The van der Waals surface area contributed by atoms with E-state index in [0.29, 0.717) is 5.78 Å². The third kappa shape index (κ3) is 26.3. The van der Waals surface area contributed by atoms with Crippen LogP contribution in [-0.4, -0.2) is 64.9 Å². The van der Waals surface area contributed by atoms with E-state index < -0.39 is 0 Å². The number of unbranched alkanes of at least 4 members (excludes halogenated alkanes) is 11. The minimum atomic E-state index is 0. The van der Waals surface area contributed by atoms with Gasteiger partial charge in [0.2, 0.25) is 0 Å². The van der Waals surface area contributed by atoms with Crippen molar-refractivity contribution in [3.8, 4) is 0 Å². The topological polar surface area (TPSA) is 17.1 Å². The number of Topliss-reactive ketones (excluding diaryl/α,β-unsaturated/α-hetero) is 1. The molecular weight excluding hydrogens is 290 g/mol. The van der Waals surface area contributed by atoms with E-state index in [4.69, 9.17) is 0 Å². The minimum absolute atomic E-state index is 0. The first-order valence-electron chi connectivity index (χ1n) is 8.91. The maximum atomic E-state index is 10.8. The number of carbonyl (C=O) groups is 1. The third-order valence-electron chi connectivity index (χ3n) is 3.79. The van der Waals surface area contributed by atoms with E-state index >= 15 is 0 Å². The molecule has 122 valence electrons. The van der Waals surface area contributed by atoms with Gasteiger partial charge in [0.05, 0.1) is 0 Å². The Morgan fingerprint density at radius 3 is 1.55 bits per heavy atom. The molecule has 0 amide bonds. The van der Waals surface area contributed by atoms with Gasteiger partial charge >= 0.3 is 59.1 Å². The van der Waals surface area contributed by atoms with Crippen LogP contribution in [0, 0.1) is 0 Å². The van der Waals surface area contributed by atoms with Crippen LogP contribution in [0.4, 0.5) is 0 Å². The molecule has 0 N–H and O–H groups in total. The molecule has 0 saturated carbocycles. The molecule has 22 heavy (non-hydrogen) atoms. The van der Waals surface area contributed by atoms with E-state index in [1.807, 2.05) is 0 Å². The summed E-state index contributed by atoms with van der Waals surface area (Å²) in [5, 5.41) is 0. The molecule has 0 bridgehead atoms. The zero-order valence-electron chi connectivity index (χ0n) is 14.0. The van der Waals surface area contributed by atoms with Crippen molar-refractivity contribution in [2.24, 2.45) is 0 Å². The van der Waals surface area contributed by atoms with E-state index in [-0.39, 0.29) is 59.1 Å². The molecule has 0 aliphatic heterocycles. The first-order valence-corrected chi connectivity index (χ1v) is 8.91. The molecule has 1 nitrogen and oxygen atoms in total. The predicted octanol–water partition coefficient (Wildman–Crippen LogP) is 5.32. The predicted molar refractivity (Wildman–Crippen MR) is 104 cm³/mol. The van der Waals surface area contributed by atoms with Gasteiger partial charge in [-0.25, -0.2) is 0 Å². The Morgan fingerprint density at radius 1 is 0.682 bits per heavy atom. The van der Waals surface area contributed by atoms with Gasteiger partial charge in [-0.3, -0.25) is 0 Å². The summed E-state index contributed by atoms with van der Waals surface area (Å²) in [4.78, 5) is 10.8. The fraction of sp³-hybridized carbons (Fsp3) is 0.842. The summed E-state index contributed by atoms with van der Waals surface area (Å²) < 4.78 is 0. The quantitative estimate of drug-likeness (QED) is 0.226. The molecule has 0 unspecified atom stereocenters. The summed E-state index contributed by atoms with van der Waals surface area (Å²) in [7, 11) is 0. The molecule has 0 aromatic heterocycles. The maximum absolute atomic E-state index is 10.8. The average Bonchev–Trinajstić information content (AvgIpc) is 2.43. The third-order valence-corrected chi connectivity index (χ3v) is 3.79. The fourth-order valence-electron chi connectivity index (χ4n) is 2.44. The van der Waals surface area contributed by atoms with Crippen molar-refractivity contribution in [2.75, 3.05) is 0 Å². The molecule has 0 aromatic carbocycles. The molecular formula is C19H38Na2O. The second kappa shape index (κ2) is 24.7. The number of hydrogen-bond donors (Lipinski definition) is 0. The molecule has 0 radical (unpaired) electrons. The molecule has 0 heterocycles. The molecule has 0 spiro atoms. The van der Waals surface area contributed by atoms with Crippen molar-refractivity contribution < 1.29 is 4.79 Å². The Bertz CT molecular complexity index is 240. The van der Waals surface area contributed by atoms with E-state index in [2.05, 4.69) is 19.1 Å². The van der Waals surface area contributed by atoms with Crippen LogP contribution >= 0.6 is 0 Å². The summed E-state index contributed by atoms with van der Waals surface area (Å²) in [5.41, 5.74) is 0. The van der Waals surface area contributed by atoms with Gasteiger partial charge in [-0.2, -0.15) is 0 Å². The fourth-order valence-corrected chi connectivity index (χ4v) is 2.44. The molecule has 0 saturated heterocycles. The standard InChI is InChI=1S/C19H36O.2Na.2H/c1-3-4-5-6-7-8-9-10-11-12-13-14-15-16-17-18-19(2)20;;;;/h10-11H,3-9,12-18H2,1-2H3;;;;/b11-10-;;;;. The van der Waals surface area contributed by atoms with Gasteiger partial charge in [-0.1, -0.05) is 70.4 Å². The van der Waals surface area contributed by atoms with Crippen molar-refractivity contribution in [3.63, 3.8) is 0 Å². The molecule has 0 fully saturated rings. The van der Waals surface area contributed by atoms with E-state index in [9.17, 15) is 4.79 Å². The second-order valence-corrected chi connectivity index (χ2v) is 6.04. The average molecular weight is 328 g/mol. The van der Waals surface area contributed by atoms with Crippen LogP contribution in [0.5, 0.6) is 0 Å². The van der Waals surface area contributed by atoms with Crippen LogP contribution in [-0.2, 0) is 4.79 Å². The Labute approximate surface area is 184 Å². The van der Waals surface area contributed by atoms with Crippen LogP contribution in [0.3, 0.4) is 0 Å². The normalized spacial score (nSPS) is 10.3. The summed E-state index contributed by atoms with van der Waals surface area (Å²) >= 11 is 0. The van der Waals surface area contributed by atoms with Crippen LogP contribution in [0.25, 0.3) is 0 Å². The Balaban J connectivity index is -0.00000180. The summed E-state index contributed by atoms with van der Waals surface area (Å²) in [6, 6.07) is 0. The van der Waals surface area contributed by atoms with Crippen molar-refractivity contribution >= 4 is 64.9 Å². The Morgan fingerprint density at radius 2 is 1.09 bits per heavy atom. The van der Waals surface area contributed by atoms with Crippen molar-refractivity contribution in [2.45, 2.75) is 104 Å². The molecule has 0 aliphatic carbocycles. The van der Waals surface area contributed by atoms with Crippen LogP contribution < -0.4 is 0 Å². The van der Waals surface area contributed by atoms with E-state index in [1.54, 1.807) is 6.92 Å². The first kappa shape index (κ1) is 28.2. The van der Waals surface area contributed by atoms with Gasteiger partial charge in [-0.15, -0.1) is 0 Å². The number of rotatable bonds is 15. The van der Waals surface area contributed by atoms with Gasteiger partial charge in [0.25, 0.3) is 0 Å². The van der Waals surface area contributed by atoms with Gasteiger partial charge in [-0.05, 0) is 39.0 Å². The van der Waals surface area contributed by atoms with Gasteiger partial charge in [0.15, 0.2) is 0 Å². The summed E-state index contributed by atoms with van der Waals surface area (Å²) in [6.45, 7) is 3.96. The monoisotopic (exact) mass is 328 g/mol. The molecule has 0 aromatic rings. The summed E-state index contributed by atoms with van der Waals surface area (Å²) in [5.74, 6) is 0.336. The zero-order valence-corrected chi connectivity index (χ0v) is 14.0. The van der Waals surface area contributed by atoms with Crippen LogP contribution in [0.2, 0.25) is 0 Å². The Kier molecular flexibility index (Phi) is 31.6. The van der Waals surface area contributed by atoms with Crippen LogP contribution in [0.15, 0.2) is 12.2 Å². The number of allylic oxidation sites excluding steroid dienone is 2. The van der Waals surface area contributed by atoms with E-state index in [1.165, 1.54) is 77.0 Å². The number of hydrogen-bond acceptors (Lipinski definition) is 1. The van der Waals surface area contributed by atoms with Gasteiger partial charge in [0.1, 0.15) is 5.78 Å². The van der Waals surface area contributed by atoms with Crippen LogP contribution in [0.1, 0.15) is 104 Å². The number of ketones is 1. The molecule has 0 rings (SSSR count). The Hall–Kier alpha value is 1.41. The van der Waals surface area contributed by atoms with Crippen molar-refractivity contribution in [3.05, 3.63) is 12.2 Å². The van der Waals surface area contributed by atoms with Gasteiger partial charge in [0, 0.05) is 6.42 Å². The molecule has 0 aliphatic rings.